The normalized spacial score (nSPS) is 29.4. The molecule has 68 valence electrons. The highest BCUT2D eigenvalue weighted by atomic mass is 16.1. The largest absolute Gasteiger partial charge is 0.350 e. The SMILES string of the molecule is C=CC(=O)N[C@@H]1CCC[C@H](N)C1. The van der Waals surface area contributed by atoms with Crippen molar-refractivity contribution < 1.29 is 4.79 Å². The Morgan fingerprint density at radius 1 is 1.58 bits per heavy atom. The second-order valence-corrected chi connectivity index (χ2v) is 3.34. The maximum atomic E-state index is 10.9. The van der Waals surface area contributed by atoms with E-state index in [0.29, 0.717) is 0 Å². The van der Waals surface area contributed by atoms with Crippen LogP contribution in [-0.4, -0.2) is 18.0 Å². The van der Waals surface area contributed by atoms with E-state index in [2.05, 4.69) is 11.9 Å². The van der Waals surface area contributed by atoms with E-state index in [4.69, 9.17) is 5.73 Å². The molecule has 1 amide bonds. The number of carbonyl (C=O) groups excluding carboxylic acids is 1. The van der Waals surface area contributed by atoms with E-state index in [1.807, 2.05) is 0 Å². The van der Waals surface area contributed by atoms with Crippen molar-refractivity contribution in [2.45, 2.75) is 37.8 Å². The minimum atomic E-state index is -0.0888. The van der Waals surface area contributed by atoms with Crippen molar-refractivity contribution in [1.29, 1.82) is 0 Å². The molecule has 0 aromatic heterocycles. The molecule has 2 atom stereocenters. The van der Waals surface area contributed by atoms with Gasteiger partial charge in [-0.25, -0.2) is 0 Å². The van der Waals surface area contributed by atoms with Crippen LogP contribution in [0.1, 0.15) is 25.7 Å². The highest BCUT2D eigenvalue weighted by Crippen LogP contribution is 2.16. The van der Waals surface area contributed by atoms with Gasteiger partial charge in [0, 0.05) is 12.1 Å². The van der Waals surface area contributed by atoms with Crippen LogP contribution in [0.3, 0.4) is 0 Å². The third-order valence-corrected chi connectivity index (χ3v) is 2.25. The van der Waals surface area contributed by atoms with Crippen molar-refractivity contribution in [1.82, 2.24) is 5.32 Å². The molecule has 3 nitrogen and oxygen atoms in total. The lowest BCUT2D eigenvalue weighted by Crippen LogP contribution is -2.41. The standard InChI is InChI=1S/C9H16N2O/c1-2-9(12)11-8-5-3-4-7(10)6-8/h2,7-8H,1,3-6,10H2,(H,11,12)/t7-,8+/m0/s1. The van der Waals surface area contributed by atoms with Crippen molar-refractivity contribution in [3.05, 3.63) is 12.7 Å². The first kappa shape index (κ1) is 9.26. The number of carbonyl (C=O) groups is 1. The molecule has 3 N–H and O–H groups in total. The average molecular weight is 168 g/mol. The Kier molecular flexibility index (Phi) is 3.29. The lowest BCUT2D eigenvalue weighted by molar-refractivity contribution is -0.117. The van der Waals surface area contributed by atoms with Gasteiger partial charge in [0.2, 0.25) is 5.91 Å². The van der Waals surface area contributed by atoms with E-state index in [0.717, 1.165) is 25.7 Å². The second kappa shape index (κ2) is 4.26. The van der Waals surface area contributed by atoms with Crippen LogP contribution < -0.4 is 11.1 Å². The lowest BCUT2D eigenvalue weighted by Gasteiger charge is -2.26. The Morgan fingerprint density at radius 2 is 2.33 bits per heavy atom. The zero-order valence-corrected chi connectivity index (χ0v) is 7.25. The molecule has 1 rings (SSSR count). The number of nitrogens with one attached hydrogen (secondary N) is 1. The summed E-state index contributed by atoms with van der Waals surface area (Å²) in [6, 6.07) is 0.521. The van der Waals surface area contributed by atoms with Gasteiger partial charge in [-0.05, 0) is 31.8 Å². The van der Waals surface area contributed by atoms with Gasteiger partial charge < -0.3 is 11.1 Å². The van der Waals surface area contributed by atoms with Crippen LogP contribution in [0, 0.1) is 0 Å². The van der Waals surface area contributed by atoms with Gasteiger partial charge in [-0.15, -0.1) is 0 Å². The van der Waals surface area contributed by atoms with Gasteiger partial charge >= 0.3 is 0 Å². The molecule has 0 saturated heterocycles. The van der Waals surface area contributed by atoms with Crippen molar-refractivity contribution in [2.75, 3.05) is 0 Å². The molecular weight excluding hydrogens is 152 g/mol. The molecule has 0 unspecified atom stereocenters. The Balaban J connectivity index is 2.31. The van der Waals surface area contributed by atoms with E-state index >= 15 is 0 Å². The van der Waals surface area contributed by atoms with Gasteiger partial charge in [0.05, 0.1) is 0 Å². The summed E-state index contributed by atoms with van der Waals surface area (Å²) in [5.41, 5.74) is 5.77. The van der Waals surface area contributed by atoms with Crippen LogP contribution in [0.15, 0.2) is 12.7 Å². The third kappa shape index (κ3) is 2.66. The average Bonchev–Trinajstić information content (AvgIpc) is 2.04. The summed E-state index contributed by atoms with van der Waals surface area (Å²) in [5, 5.41) is 2.86. The summed E-state index contributed by atoms with van der Waals surface area (Å²) in [6.45, 7) is 3.40. The summed E-state index contributed by atoms with van der Waals surface area (Å²) in [7, 11) is 0. The van der Waals surface area contributed by atoms with Crippen molar-refractivity contribution in [3.63, 3.8) is 0 Å². The fourth-order valence-electron chi connectivity index (χ4n) is 1.62. The molecule has 0 radical (unpaired) electrons. The Hall–Kier alpha value is -0.830. The van der Waals surface area contributed by atoms with Crippen LogP contribution in [0.2, 0.25) is 0 Å². The first-order valence-electron chi connectivity index (χ1n) is 4.41. The van der Waals surface area contributed by atoms with Gasteiger partial charge in [0.1, 0.15) is 0 Å². The van der Waals surface area contributed by atoms with Gasteiger partial charge in [-0.1, -0.05) is 6.58 Å². The molecule has 1 aliphatic carbocycles. The summed E-state index contributed by atoms with van der Waals surface area (Å²) in [5.74, 6) is -0.0888. The minimum absolute atomic E-state index is 0.0888. The number of hydrogen-bond acceptors (Lipinski definition) is 2. The number of hydrogen-bond donors (Lipinski definition) is 2. The zero-order chi connectivity index (χ0) is 8.97. The maximum absolute atomic E-state index is 10.9. The van der Waals surface area contributed by atoms with Crippen LogP contribution in [0.4, 0.5) is 0 Å². The molecule has 0 bridgehead atoms. The van der Waals surface area contributed by atoms with Gasteiger partial charge in [0.25, 0.3) is 0 Å². The van der Waals surface area contributed by atoms with Crippen LogP contribution in [0.5, 0.6) is 0 Å². The highest BCUT2D eigenvalue weighted by molar-refractivity contribution is 5.87. The fraction of sp³-hybridized carbons (Fsp3) is 0.667. The first-order chi connectivity index (χ1) is 5.72. The van der Waals surface area contributed by atoms with Crippen LogP contribution >= 0.6 is 0 Å². The summed E-state index contributed by atoms with van der Waals surface area (Å²) in [4.78, 5) is 10.9. The number of nitrogens with two attached hydrogens (primary N) is 1. The summed E-state index contributed by atoms with van der Waals surface area (Å²) >= 11 is 0. The summed E-state index contributed by atoms with van der Waals surface area (Å²) < 4.78 is 0. The van der Waals surface area contributed by atoms with E-state index < -0.39 is 0 Å². The predicted molar refractivity (Wildman–Crippen MR) is 48.6 cm³/mol. The molecule has 1 aliphatic rings. The van der Waals surface area contributed by atoms with E-state index in [9.17, 15) is 4.79 Å². The molecule has 0 aromatic rings. The van der Waals surface area contributed by atoms with Crippen molar-refractivity contribution >= 4 is 5.91 Å². The van der Waals surface area contributed by atoms with E-state index in [-0.39, 0.29) is 18.0 Å². The van der Waals surface area contributed by atoms with Crippen molar-refractivity contribution in [3.8, 4) is 0 Å². The van der Waals surface area contributed by atoms with Gasteiger partial charge in [0.15, 0.2) is 0 Å². The summed E-state index contributed by atoms with van der Waals surface area (Å²) in [6.07, 6.45) is 5.46. The number of amides is 1. The molecule has 0 aromatic carbocycles. The Morgan fingerprint density at radius 3 is 2.92 bits per heavy atom. The monoisotopic (exact) mass is 168 g/mol. The smallest absolute Gasteiger partial charge is 0.243 e. The molecule has 0 aliphatic heterocycles. The highest BCUT2D eigenvalue weighted by Gasteiger charge is 2.19. The lowest BCUT2D eigenvalue weighted by atomic mass is 9.92. The molecule has 0 spiro atoms. The van der Waals surface area contributed by atoms with Crippen molar-refractivity contribution in [2.24, 2.45) is 5.73 Å². The quantitative estimate of drug-likeness (QED) is 0.592. The topological polar surface area (TPSA) is 55.1 Å². The van der Waals surface area contributed by atoms with Gasteiger partial charge in [-0.2, -0.15) is 0 Å². The molecular formula is C9H16N2O. The Bertz CT molecular complexity index is 179. The maximum Gasteiger partial charge on any atom is 0.243 e. The van der Waals surface area contributed by atoms with Crippen LogP contribution in [0.25, 0.3) is 0 Å². The molecule has 1 saturated carbocycles. The van der Waals surface area contributed by atoms with E-state index in [1.54, 1.807) is 0 Å². The molecule has 12 heavy (non-hydrogen) atoms. The predicted octanol–water partition coefficient (Wildman–Crippen LogP) is 0.558. The third-order valence-electron chi connectivity index (χ3n) is 2.25. The molecule has 3 heteroatoms. The van der Waals surface area contributed by atoms with Crippen LogP contribution in [-0.2, 0) is 4.79 Å². The van der Waals surface area contributed by atoms with Gasteiger partial charge in [-0.3, -0.25) is 4.79 Å². The van der Waals surface area contributed by atoms with E-state index in [1.165, 1.54) is 6.08 Å². The second-order valence-electron chi connectivity index (χ2n) is 3.34. The zero-order valence-electron chi connectivity index (χ0n) is 7.25. The fourth-order valence-corrected chi connectivity index (χ4v) is 1.62. The molecule has 0 heterocycles. The minimum Gasteiger partial charge on any atom is -0.350 e. The first-order valence-corrected chi connectivity index (χ1v) is 4.41. The molecule has 1 fully saturated rings. The number of rotatable bonds is 2. The Labute approximate surface area is 73.0 Å².